The van der Waals surface area contributed by atoms with Gasteiger partial charge in [-0.2, -0.15) is 5.26 Å². The average molecular weight is 281 g/mol. The molecule has 0 radical (unpaired) electrons. The average Bonchev–Trinajstić information content (AvgIpc) is 2.50. The van der Waals surface area contributed by atoms with Crippen LogP contribution in [0.5, 0.6) is 0 Å². The topological polar surface area (TPSA) is 64.9 Å². The summed E-state index contributed by atoms with van der Waals surface area (Å²) < 4.78 is 12.7. The van der Waals surface area contributed by atoms with Gasteiger partial charge >= 0.3 is 6.03 Å². The van der Waals surface area contributed by atoms with Gasteiger partial charge in [-0.1, -0.05) is 24.3 Å². The number of carbonyl (C=O) groups excluding carboxylic acids is 1. The van der Waals surface area contributed by atoms with Gasteiger partial charge in [0.15, 0.2) is 0 Å². The minimum absolute atomic E-state index is 0.314. The lowest BCUT2D eigenvalue weighted by Crippen LogP contribution is -2.24. The van der Waals surface area contributed by atoms with E-state index >= 15 is 0 Å². The molecule has 0 atom stereocenters. The third-order valence-electron chi connectivity index (χ3n) is 2.66. The molecular formula is C16H12FN3O. The molecule has 0 aliphatic rings. The van der Waals surface area contributed by atoms with Gasteiger partial charge in [-0.3, -0.25) is 0 Å². The number of nitriles is 1. The lowest BCUT2D eigenvalue weighted by Gasteiger charge is -2.05. The van der Waals surface area contributed by atoms with Crippen LogP contribution in [0.4, 0.5) is 14.9 Å². The maximum atomic E-state index is 12.7. The van der Waals surface area contributed by atoms with E-state index in [1.165, 1.54) is 18.3 Å². The Labute approximate surface area is 121 Å². The van der Waals surface area contributed by atoms with Gasteiger partial charge in [0.1, 0.15) is 11.9 Å². The third-order valence-corrected chi connectivity index (χ3v) is 2.66. The first-order chi connectivity index (χ1) is 10.2. The number of nitrogens with zero attached hydrogens (tertiary/aromatic N) is 1. The largest absolute Gasteiger partial charge is 0.323 e. The summed E-state index contributed by atoms with van der Waals surface area (Å²) in [5, 5.41) is 14.0. The van der Waals surface area contributed by atoms with E-state index in [0.717, 1.165) is 5.56 Å². The van der Waals surface area contributed by atoms with E-state index in [1.807, 2.05) is 6.07 Å². The Kier molecular flexibility index (Phi) is 4.67. The lowest BCUT2D eigenvalue weighted by atomic mass is 10.2. The minimum Gasteiger partial charge on any atom is -0.314 e. The molecule has 0 saturated carbocycles. The van der Waals surface area contributed by atoms with E-state index in [4.69, 9.17) is 5.26 Å². The second-order valence-electron chi connectivity index (χ2n) is 4.14. The monoisotopic (exact) mass is 281 g/mol. The standard InChI is InChI=1S/C16H12FN3O/c17-14-7-5-12(6-8-14)9-10-19-16(21)20-15-4-2-1-3-13(15)11-18/h1-10H,(H2,19,20,21)/b10-9+. The summed E-state index contributed by atoms with van der Waals surface area (Å²) in [4.78, 5) is 11.7. The molecule has 0 bridgehead atoms. The summed E-state index contributed by atoms with van der Waals surface area (Å²) in [5.74, 6) is -0.314. The zero-order valence-corrected chi connectivity index (χ0v) is 11.0. The van der Waals surface area contributed by atoms with E-state index in [9.17, 15) is 9.18 Å². The molecule has 0 unspecified atom stereocenters. The number of halogens is 1. The maximum absolute atomic E-state index is 12.7. The van der Waals surface area contributed by atoms with Crippen molar-refractivity contribution in [2.75, 3.05) is 5.32 Å². The molecule has 0 aliphatic carbocycles. The summed E-state index contributed by atoms with van der Waals surface area (Å²) in [6, 6.07) is 14.1. The smallest absolute Gasteiger partial charge is 0.314 e. The molecule has 2 aromatic carbocycles. The highest BCUT2D eigenvalue weighted by Gasteiger charge is 2.03. The molecule has 21 heavy (non-hydrogen) atoms. The van der Waals surface area contributed by atoms with Crippen molar-refractivity contribution in [3.63, 3.8) is 0 Å². The Bertz CT molecular complexity index is 702. The van der Waals surface area contributed by atoms with Crippen molar-refractivity contribution in [2.24, 2.45) is 0 Å². The van der Waals surface area contributed by atoms with Crippen LogP contribution in [0.2, 0.25) is 0 Å². The van der Waals surface area contributed by atoms with Crippen LogP contribution >= 0.6 is 0 Å². The molecule has 2 aromatic rings. The highest BCUT2D eigenvalue weighted by molar-refractivity contribution is 5.91. The summed E-state index contributed by atoms with van der Waals surface area (Å²) in [6.07, 6.45) is 3.08. The Balaban J connectivity index is 1.93. The summed E-state index contributed by atoms with van der Waals surface area (Å²) in [5.41, 5.74) is 1.58. The molecule has 104 valence electrons. The Morgan fingerprint density at radius 1 is 1.14 bits per heavy atom. The summed E-state index contributed by atoms with van der Waals surface area (Å²) in [6.45, 7) is 0. The predicted molar refractivity (Wildman–Crippen MR) is 78.7 cm³/mol. The fourth-order valence-electron chi connectivity index (χ4n) is 1.64. The molecule has 0 fully saturated rings. The molecule has 5 heteroatoms. The molecular weight excluding hydrogens is 269 g/mol. The molecule has 0 spiro atoms. The third kappa shape index (κ3) is 4.18. The van der Waals surface area contributed by atoms with Crippen molar-refractivity contribution < 1.29 is 9.18 Å². The number of anilines is 1. The predicted octanol–water partition coefficient (Wildman–Crippen LogP) is 3.49. The van der Waals surface area contributed by atoms with Gasteiger partial charge < -0.3 is 10.6 Å². The molecule has 2 N–H and O–H groups in total. The number of carbonyl (C=O) groups is 1. The molecule has 2 rings (SSSR count). The van der Waals surface area contributed by atoms with Crippen LogP contribution in [0.3, 0.4) is 0 Å². The van der Waals surface area contributed by atoms with Crippen molar-refractivity contribution in [1.29, 1.82) is 5.26 Å². The Hall–Kier alpha value is -3.13. The van der Waals surface area contributed by atoms with E-state index in [0.29, 0.717) is 11.3 Å². The van der Waals surface area contributed by atoms with Crippen molar-refractivity contribution in [3.8, 4) is 6.07 Å². The number of amides is 2. The van der Waals surface area contributed by atoms with Gasteiger partial charge in [-0.25, -0.2) is 9.18 Å². The summed E-state index contributed by atoms with van der Waals surface area (Å²) in [7, 11) is 0. The molecule has 0 heterocycles. The highest BCUT2D eigenvalue weighted by Crippen LogP contribution is 2.13. The van der Waals surface area contributed by atoms with Gasteiger partial charge in [0.05, 0.1) is 11.3 Å². The number of urea groups is 1. The van der Waals surface area contributed by atoms with Crippen LogP contribution in [-0.4, -0.2) is 6.03 Å². The normalized spacial score (nSPS) is 10.1. The van der Waals surface area contributed by atoms with Crippen molar-refractivity contribution in [1.82, 2.24) is 5.32 Å². The zero-order chi connectivity index (χ0) is 15.1. The number of rotatable bonds is 3. The number of benzene rings is 2. The van der Waals surface area contributed by atoms with E-state index in [-0.39, 0.29) is 5.82 Å². The SMILES string of the molecule is N#Cc1ccccc1NC(=O)N/C=C/c1ccc(F)cc1. The number of hydrogen-bond acceptors (Lipinski definition) is 2. The van der Waals surface area contributed by atoms with Crippen LogP contribution in [-0.2, 0) is 0 Å². The molecule has 0 aromatic heterocycles. The molecule has 0 aliphatic heterocycles. The first-order valence-corrected chi connectivity index (χ1v) is 6.18. The summed E-state index contributed by atoms with van der Waals surface area (Å²) >= 11 is 0. The minimum atomic E-state index is -0.462. The van der Waals surface area contributed by atoms with E-state index in [2.05, 4.69) is 10.6 Å². The van der Waals surface area contributed by atoms with Crippen LogP contribution in [0.1, 0.15) is 11.1 Å². The van der Waals surface area contributed by atoms with Gasteiger partial charge in [0.2, 0.25) is 0 Å². The number of nitrogens with one attached hydrogen (secondary N) is 2. The molecule has 4 nitrogen and oxygen atoms in total. The van der Waals surface area contributed by atoms with Gasteiger partial charge in [-0.05, 0) is 35.9 Å². The Morgan fingerprint density at radius 3 is 2.57 bits per heavy atom. The van der Waals surface area contributed by atoms with Crippen LogP contribution in [0.15, 0.2) is 54.7 Å². The zero-order valence-electron chi connectivity index (χ0n) is 11.0. The van der Waals surface area contributed by atoms with Crippen molar-refractivity contribution in [3.05, 3.63) is 71.7 Å². The van der Waals surface area contributed by atoms with Gasteiger partial charge in [0.25, 0.3) is 0 Å². The highest BCUT2D eigenvalue weighted by atomic mass is 19.1. The number of hydrogen-bond donors (Lipinski definition) is 2. The number of para-hydroxylation sites is 1. The maximum Gasteiger partial charge on any atom is 0.323 e. The lowest BCUT2D eigenvalue weighted by molar-refractivity contribution is 0.255. The quantitative estimate of drug-likeness (QED) is 0.904. The second-order valence-corrected chi connectivity index (χ2v) is 4.14. The van der Waals surface area contributed by atoms with Crippen LogP contribution in [0, 0.1) is 17.1 Å². The molecule has 0 saturated heterocycles. The van der Waals surface area contributed by atoms with Crippen molar-refractivity contribution >= 4 is 17.8 Å². The first kappa shape index (κ1) is 14.3. The fourth-order valence-corrected chi connectivity index (χ4v) is 1.64. The second kappa shape index (κ2) is 6.87. The first-order valence-electron chi connectivity index (χ1n) is 6.18. The van der Waals surface area contributed by atoms with Gasteiger partial charge in [-0.15, -0.1) is 0 Å². The van der Waals surface area contributed by atoms with Gasteiger partial charge in [0, 0.05) is 6.20 Å². The Morgan fingerprint density at radius 2 is 1.86 bits per heavy atom. The van der Waals surface area contributed by atoms with Crippen LogP contribution in [0.25, 0.3) is 6.08 Å². The fraction of sp³-hybridized carbons (Fsp3) is 0. The van der Waals surface area contributed by atoms with Crippen LogP contribution < -0.4 is 10.6 Å². The molecule has 2 amide bonds. The van der Waals surface area contributed by atoms with Crippen molar-refractivity contribution in [2.45, 2.75) is 0 Å². The van der Waals surface area contributed by atoms with E-state index < -0.39 is 6.03 Å². The van der Waals surface area contributed by atoms with E-state index in [1.54, 1.807) is 42.5 Å².